The molecule has 0 saturated carbocycles. The Balaban J connectivity index is 1.30. The molecule has 4 heterocycles. The highest BCUT2D eigenvalue weighted by atomic mass is 32.1. The van der Waals surface area contributed by atoms with E-state index in [1.807, 2.05) is 48.5 Å². The Labute approximate surface area is 313 Å². The summed E-state index contributed by atoms with van der Waals surface area (Å²) in [6.45, 7) is -0.573. The summed E-state index contributed by atoms with van der Waals surface area (Å²) in [5, 5.41) is -0.276. The van der Waals surface area contributed by atoms with Crippen molar-refractivity contribution in [1.29, 1.82) is 0 Å². The van der Waals surface area contributed by atoms with E-state index in [0.29, 0.717) is 33.3 Å². The Morgan fingerprint density at radius 2 is 1.46 bits per heavy atom. The molecule has 0 unspecified atom stereocenters. The molecule has 11 rings (SSSR count). The van der Waals surface area contributed by atoms with Crippen LogP contribution in [0.2, 0.25) is 0 Å². The summed E-state index contributed by atoms with van der Waals surface area (Å²) in [5.41, 5.74) is 1.97. The summed E-state index contributed by atoms with van der Waals surface area (Å²) in [6, 6.07) is 7.30. The maximum absolute atomic E-state index is 9.42. The predicted octanol–water partition coefficient (Wildman–Crippen LogP) is 12.4. The number of para-hydroxylation sites is 2. The zero-order valence-electron chi connectivity index (χ0n) is 41.6. The quantitative estimate of drug-likeness (QED) is 0.187. The number of furan rings is 1. The van der Waals surface area contributed by atoms with E-state index in [9.17, 15) is 8.22 Å². The highest BCUT2D eigenvalue weighted by Crippen LogP contribution is 2.43. The van der Waals surface area contributed by atoms with E-state index in [0.717, 1.165) is 11.3 Å². The molecule has 234 valence electrons. The molecule has 50 heavy (non-hydrogen) atoms. The molecule has 0 saturated heterocycles. The fourth-order valence-corrected chi connectivity index (χ4v) is 7.91. The van der Waals surface area contributed by atoms with Gasteiger partial charge in [-0.25, -0.2) is 9.97 Å². The second-order valence-electron chi connectivity index (χ2n) is 11.7. The normalized spacial score (nSPS) is 16.6. The smallest absolute Gasteiger partial charge is 0.180 e. The molecule has 0 aliphatic rings. The molecule has 0 amide bonds. The van der Waals surface area contributed by atoms with Gasteiger partial charge in [0.1, 0.15) is 16.8 Å². The molecular weight excluding hydrogens is 631 g/mol. The van der Waals surface area contributed by atoms with E-state index in [2.05, 4.69) is 0 Å². The molecule has 0 bridgehead atoms. The number of rotatable bonds is 4. The zero-order valence-corrected chi connectivity index (χ0v) is 26.4. The molecule has 5 heteroatoms. The van der Waals surface area contributed by atoms with E-state index < -0.39 is 103 Å². The van der Waals surface area contributed by atoms with Crippen molar-refractivity contribution in [3.05, 3.63) is 157 Å². The van der Waals surface area contributed by atoms with Crippen molar-refractivity contribution in [2.75, 3.05) is 0 Å². The van der Waals surface area contributed by atoms with Crippen LogP contribution in [0.1, 0.15) is 27.5 Å². The maximum atomic E-state index is 9.42. The average molecular weight is 674 g/mol. The molecule has 0 aliphatic carbocycles. The third kappa shape index (κ3) is 3.98. The van der Waals surface area contributed by atoms with Crippen LogP contribution in [-0.2, 0) is 6.54 Å². The Morgan fingerprint density at radius 1 is 0.660 bits per heavy atom. The number of hydrogen-bond acceptors (Lipinski definition) is 4. The second-order valence-corrected chi connectivity index (χ2v) is 12.7. The third-order valence-corrected chi connectivity index (χ3v) is 10.1. The first-order valence-electron chi connectivity index (χ1n) is 23.6. The molecule has 11 aromatic rings. The number of nitrogens with zero attached hydrogens (tertiary/aromatic N) is 3. The lowest BCUT2D eigenvalue weighted by molar-refractivity contribution is 0.667. The Morgan fingerprint density at radius 3 is 2.40 bits per heavy atom. The van der Waals surface area contributed by atoms with Gasteiger partial charge in [0.05, 0.1) is 27.4 Å². The van der Waals surface area contributed by atoms with Gasteiger partial charge in [0.25, 0.3) is 0 Å². The van der Waals surface area contributed by atoms with E-state index >= 15 is 0 Å². The monoisotopic (exact) mass is 673 g/mol. The van der Waals surface area contributed by atoms with Gasteiger partial charge < -0.3 is 8.98 Å². The predicted molar refractivity (Wildman–Crippen MR) is 209 cm³/mol. The van der Waals surface area contributed by atoms with Gasteiger partial charge in [0.15, 0.2) is 11.4 Å². The molecule has 4 aromatic heterocycles. The minimum absolute atomic E-state index is 0.00130. The first kappa shape index (κ1) is 16.4. The molecule has 4 nitrogen and oxygen atoms in total. The lowest BCUT2D eigenvalue weighted by atomic mass is 10.0. The first-order valence-corrected chi connectivity index (χ1v) is 16.4. The van der Waals surface area contributed by atoms with Crippen molar-refractivity contribution in [2.24, 2.45) is 0 Å². The van der Waals surface area contributed by atoms with Crippen LogP contribution in [0.3, 0.4) is 0 Å². The van der Waals surface area contributed by atoms with Crippen molar-refractivity contribution < 1.29 is 26.3 Å². The van der Waals surface area contributed by atoms with E-state index in [-0.39, 0.29) is 69.7 Å². The van der Waals surface area contributed by atoms with Crippen LogP contribution in [0.5, 0.6) is 0 Å². The highest BCUT2D eigenvalue weighted by molar-refractivity contribution is 7.26. The Hall–Kier alpha value is -6.30. The van der Waals surface area contributed by atoms with Gasteiger partial charge in [-0.2, -0.15) is 0 Å². The lowest BCUT2D eigenvalue weighted by Gasteiger charge is -2.11. The number of aromatic nitrogens is 3. The van der Waals surface area contributed by atoms with E-state index in [1.54, 1.807) is 6.07 Å². The average Bonchev–Trinajstić information content (AvgIpc) is 4.00. The van der Waals surface area contributed by atoms with Crippen LogP contribution < -0.4 is 0 Å². The van der Waals surface area contributed by atoms with Crippen LogP contribution in [0, 0.1) is 0 Å². The van der Waals surface area contributed by atoms with Crippen molar-refractivity contribution in [1.82, 2.24) is 14.5 Å². The standard InChI is InChI=1S/C45H27N3OS/c1-2-13-28(14-3-1)40-43-41(33-18-7-9-22-37(33)49-43)47-45(46-40)35-20-11-19-34-39-29(15-10-23-38(39)50-44(34)35)26-48-36-21-8-6-17-31(36)32-25-24-27-12-4-5-16-30(27)42(32)48/h1-25H,26H2/i4D,5D,6D,8D,10D,11D,12D,15D,16D,17D,19D,20D,21D,23D,24D,25D. The summed E-state index contributed by atoms with van der Waals surface area (Å²) in [4.78, 5) is 9.88. The summed E-state index contributed by atoms with van der Waals surface area (Å²) in [7, 11) is 0. The molecule has 0 aliphatic heterocycles. The van der Waals surface area contributed by atoms with Crippen LogP contribution >= 0.6 is 11.3 Å². The van der Waals surface area contributed by atoms with Crippen LogP contribution in [-0.4, -0.2) is 14.5 Å². The third-order valence-electron chi connectivity index (χ3n) is 8.94. The molecular formula is C45H27N3OS. The number of hydrogen-bond donors (Lipinski definition) is 0. The van der Waals surface area contributed by atoms with Gasteiger partial charge in [-0.15, -0.1) is 11.3 Å². The zero-order chi connectivity index (χ0) is 46.7. The molecule has 0 atom stereocenters. The largest absolute Gasteiger partial charge is 0.452 e. The van der Waals surface area contributed by atoms with Gasteiger partial charge in [0, 0.05) is 64.9 Å². The molecule has 0 spiro atoms. The van der Waals surface area contributed by atoms with Crippen molar-refractivity contribution >= 4 is 86.2 Å². The Bertz CT molecular complexity index is 4050. The number of thiophene rings is 1. The molecule has 0 fully saturated rings. The summed E-state index contributed by atoms with van der Waals surface area (Å²) in [5.74, 6) is 0.00130. The summed E-state index contributed by atoms with van der Waals surface area (Å²) >= 11 is 0.937. The fraction of sp³-hybridized carbons (Fsp3) is 0.0222. The minimum atomic E-state index is -0.679. The van der Waals surface area contributed by atoms with Crippen LogP contribution in [0.4, 0.5) is 0 Å². The maximum Gasteiger partial charge on any atom is 0.180 e. The van der Waals surface area contributed by atoms with Crippen molar-refractivity contribution in [2.45, 2.75) is 6.54 Å². The van der Waals surface area contributed by atoms with E-state index in [1.165, 1.54) is 4.57 Å². The van der Waals surface area contributed by atoms with Gasteiger partial charge in [-0.1, -0.05) is 121 Å². The highest BCUT2D eigenvalue weighted by Gasteiger charge is 2.21. The van der Waals surface area contributed by atoms with Gasteiger partial charge in [-0.05, 0) is 41.2 Å². The molecule has 7 aromatic carbocycles. The lowest BCUT2D eigenvalue weighted by Crippen LogP contribution is -2.00. The number of benzene rings is 7. The topological polar surface area (TPSA) is 43.9 Å². The Kier molecular flexibility index (Phi) is 3.48. The number of fused-ring (bicyclic) bond motifs is 11. The first-order chi connectivity index (χ1) is 31.5. The van der Waals surface area contributed by atoms with Gasteiger partial charge in [0.2, 0.25) is 0 Å². The second kappa shape index (κ2) is 10.6. The van der Waals surface area contributed by atoms with Crippen molar-refractivity contribution in [3.8, 4) is 22.6 Å². The fourth-order valence-electron chi connectivity index (χ4n) is 6.77. The SMILES string of the molecule is [2H]c1c([2H])c(Cn2c3c([2H])c([2H])c([2H])c([2H])c3c3c([2H])c([2H])c4c([2H])c([2H])c([2H])c([2H])c4c32)c2c(sc3c(-c4nc(-c5ccccc5)c5oc6ccccc6c5n4)c([2H])c([2H])c([2H])c32)c1[2H]. The summed E-state index contributed by atoms with van der Waals surface area (Å²) < 4.78 is 152. The van der Waals surface area contributed by atoms with Gasteiger partial charge >= 0.3 is 0 Å². The van der Waals surface area contributed by atoms with Crippen LogP contribution in [0.25, 0.3) is 97.5 Å². The molecule has 0 N–H and O–H groups in total. The van der Waals surface area contributed by atoms with Crippen molar-refractivity contribution in [3.63, 3.8) is 0 Å². The molecule has 0 radical (unpaired) electrons. The minimum Gasteiger partial charge on any atom is -0.452 e. The van der Waals surface area contributed by atoms with Crippen LogP contribution in [0.15, 0.2) is 156 Å². The summed E-state index contributed by atoms with van der Waals surface area (Å²) in [6.07, 6.45) is 0. The van der Waals surface area contributed by atoms with E-state index in [4.69, 9.17) is 28.1 Å². The van der Waals surface area contributed by atoms with Gasteiger partial charge in [-0.3, -0.25) is 0 Å².